The van der Waals surface area contributed by atoms with Crippen molar-refractivity contribution in [3.8, 4) is 11.5 Å². The molecule has 0 saturated carbocycles. The molecule has 0 aliphatic carbocycles. The third kappa shape index (κ3) is 6.24. The maximum absolute atomic E-state index is 10.8. The Labute approximate surface area is 208 Å². The van der Waals surface area contributed by atoms with Crippen LogP contribution in [0.2, 0.25) is 10.0 Å². The van der Waals surface area contributed by atoms with E-state index in [-0.39, 0.29) is 12.3 Å². The summed E-state index contributed by atoms with van der Waals surface area (Å²) < 4.78 is 12.2. The second-order valence-electron chi connectivity index (χ2n) is 6.54. The number of non-ortho nitro benzene ring substituents is 1. The van der Waals surface area contributed by atoms with Gasteiger partial charge < -0.3 is 14.9 Å². The number of nitrogens with one attached hydrogen (secondary N) is 1. The van der Waals surface area contributed by atoms with Gasteiger partial charge in [0, 0.05) is 27.7 Å². The normalized spacial score (nSPS) is 10.9. The van der Waals surface area contributed by atoms with Gasteiger partial charge in [0.05, 0.1) is 28.4 Å². The van der Waals surface area contributed by atoms with Crippen molar-refractivity contribution in [1.82, 2.24) is 5.43 Å². The summed E-state index contributed by atoms with van der Waals surface area (Å²) in [6.07, 6.45) is 1.66. The number of halogens is 3. The van der Waals surface area contributed by atoms with Crippen LogP contribution in [0.1, 0.15) is 16.7 Å². The Balaban J connectivity index is 1.66. The van der Waals surface area contributed by atoms with Gasteiger partial charge in [-0.15, -0.1) is 0 Å². The largest absolute Gasteiger partial charge is 0.493 e. The molecule has 0 radical (unpaired) electrons. The van der Waals surface area contributed by atoms with E-state index in [1.165, 1.54) is 12.1 Å². The molecular weight excluding hydrogens is 568 g/mol. The summed E-state index contributed by atoms with van der Waals surface area (Å²) in [5.41, 5.74) is 5.37. The molecule has 0 aliphatic rings. The predicted octanol–water partition coefficient (Wildman–Crippen LogP) is 6.22. The average molecular weight is 586 g/mol. The van der Waals surface area contributed by atoms with Crippen LogP contribution in [0.15, 0.2) is 59.7 Å². The number of ether oxygens (including phenoxy) is 2. The number of hydrazone groups is 1. The van der Waals surface area contributed by atoms with Crippen molar-refractivity contribution >= 4 is 57.7 Å². The number of hydrogen-bond donors (Lipinski definition) is 1. The lowest BCUT2D eigenvalue weighted by Crippen LogP contribution is -2.07. The minimum absolute atomic E-state index is 0.0370. The highest BCUT2D eigenvalue weighted by Crippen LogP contribution is 2.34. The highest BCUT2D eigenvalue weighted by molar-refractivity contribution is 14.1. The molecular formula is C22H18Cl2IN3O4. The number of nitro groups is 1. The smallest absolute Gasteiger partial charge is 0.269 e. The van der Waals surface area contributed by atoms with E-state index in [0.717, 1.165) is 20.3 Å². The van der Waals surface area contributed by atoms with Gasteiger partial charge in [0.15, 0.2) is 11.5 Å². The fraction of sp³-hybridized carbons (Fsp3) is 0.136. The molecule has 0 aliphatic heterocycles. The maximum Gasteiger partial charge on any atom is 0.269 e. The minimum atomic E-state index is -0.436. The summed E-state index contributed by atoms with van der Waals surface area (Å²) in [6.45, 7) is 0.637. The van der Waals surface area contributed by atoms with Crippen molar-refractivity contribution < 1.29 is 14.4 Å². The molecule has 3 aromatic carbocycles. The molecule has 0 aromatic heterocycles. The van der Waals surface area contributed by atoms with Crippen molar-refractivity contribution in [2.24, 2.45) is 5.10 Å². The topological polar surface area (TPSA) is 86.0 Å². The second kappa shape index (κ2) is 11.3. The first-order valence-corrected chi connectivity index (χ1v) is 11.1. The molecule has 0 amide bonds. The molecule has 32 heavy (non-hydrogen) atoms. The molecule has 3 rings (SSSR count). The van der Waals surface area contributed by atoms with Crippen LogP contribution in [0.4, 0.5) is 5.69 Å². The Bertz CT molecular complexity index is 1120. The van der Waals surface area contributed by atoms with Crippen molar-refractivity contribution in [2.45, 2.75) is 13.2 Å². The Morgan fingerprint density at radius 3 is 2.47 bits per heavy atom. The first kappa shape index (κ1) is 24.1. The molecule has 0 saturated heterocycles. The number of benzene rings is 3. The van der Waals surface area contributed by atoms with Gasteiger partial charge in [0.1, 0.15) is 6.61 Å². The number of nitro benzene ring substituents is 1. The van der Waals surface area contributed by atoms with Crippen molar-refractivity contribution in [2.75, 3.05) is 7.11 Å². The van der Waals surface area contributed by atoms with E-state index in [1.807, 2.05) is 6.07 Å². The van der Waals surface area contributed by atoms with Gasteiger partial charge in [-0.3, -0.25) is 10.1 Å². The van der Waals surface area contributed by atoms with Gasteiger partial charge in [-0.1, -0.05) is 29.3 Å². The fourth-order valence-electron chi connectivity index (χ4n) is 2.77. The zero-order valence-corrected chi connectivity index (χ0v) is 20.5. The average Bonchev–Trinajstić information content (AvgIpc) is 2.77. The van der Waals surface area contributed by atoms with Crippen LogP contribution in [-0.4, -0.2) is 18.2 Å². The van der Waals surface area contributed by atoms with Gasteiger partial charge in [0.2, 0.25) is 0 Å². The van der Waals surface area contributed by atoms with E-state index in [9.17, 15) is 10.1 Å². The lowest BCUT2D eigenvalue weighted by Gasteiger charge is -2.13. The number of hydrogen-bond acceptors (Lipinski definition) is 6. The van der Waals surface area contributed by atoms with E-state index in [0.29, 0.717) is 28.1 Å². The van der Waals surface area contributed by atoms with Crippen molar-refractivity contribution in [3.63, 3.8) is 0 Å². The standard InChI is InChI=1S/C22H18Cl2IN3O4/c1-31-21-10-15(11-26-27-12-17-18(23)3-2-4-19(17)24)9-20(25)22(21)32-13-14-5-7-16(8-6-14)28(29)30/h2-11,27H,12-13H2,1H3/b26-11+. The molecule has 166 valence electrons. The molecule has 10 heteroatoms. The highest BCUT2D eigenvalue weighted by atomic mass is 127. The van der Waals surface area contributed by atoms with E-state index in [2.05, 4.69) is 33.1 Å². The number of nitrogens with zero attached hydrogens (tertiary/aromatic N) is 2. The van der Waals surface area contributed by atoms with Crippen LogP contribution in [-0.2, 0) is 13.2 Å². The summed E-state index contributed by atoms with van der Waals surface area (Å²) >= 11 is 14.5. The summed E-state index contributed by atoms with van der Waals surface area (Å²) in [6, 6.07) is 15.3. The van der Waals surface area contributed by atoms with Crippen LogP contribution in [0.3, 0.4) is 0 Å². The molecule has 7 nitrogen and oxygen atoms in total. The van der Waals surface area contributed by atoms with Crippen molar-refractivity contribution in [3.05, 3.63) is 95.0 Å². The van der Waals surface area contributed by atoms with E-state index < -0.39 is 4.92 Å². The van der Waals surface area contributed by atoms with E-state index in [1.54, 1.807) is 49.7 Å². The molecule has 0 heterocycles. The first-order valence-electron chi connectivity index (χ1n) is 9.31. The minimum Gasteiger partial charge on any atom is -0.493 e. The molecule has 0 bridgehead atoms. The lowest BCUT2D eigenvalue weighted by molar-refractivity contribution is -0.384. The third-order valence-electron chi connectivity index (χ3n) is 4.40. The number of rotatable bonds is 9. The quantitative estimate of drug-likeness (QED) is 0.139. The zero-order valence-electron chi connectivity index (χ0n) is 16.8. The van der Waals surface area contributed by atoms with Gasteiger partial charge in [-0.05, 0) is 70.1 Å². The molecule has 3 aromatic rings. The van der Waals surface area contributed by atoms with Gasteiger partial charge in [-0.2, -0.15) is 5.10 Å². The maximum atomic E-state index is 10.8. The van der Waals surface area contributed by atoms with Crippen molar-refractivity contribution in [1.29, 1.82) is 0 Å². The van der Waals surface area contributed by atoms with Gasteiger partial charge in [0.25, 0.3) is 5.69 Å². The molecule has 0 fully saturated rings. The Morgan fingerprint density at radius 1 is 1.16 bits per heavy atom. The second-order valence-corrected chi connectivity index (χ2v) is 8.52. The first-order chi connectivity index (χ1) is 15.4. The Morgan fingerprint density at radius 2 is 1.84 bits per heavy atom. The number of methoxy groups -OCH3 is 1. The molecule has 1 N–H and O–H groups in total. The summed E-state index contributed by atoms with van der Waals surface area (Å²) in [5, 5.41) is 16.2. The predicted molar refractivity (Wildman–Crippen MR) is 134 cm³/mol. The third-order valence-corrected chi connectivity index (χ3v) is 5.91. The van der Waals surface area contributed by atoms with Crippen LogP contribution < -0.4 is 14.9 Å². The highest BCUT2D eigenvalue weighted by Gasteiger charge is 2.12. The van der Waals surface area contributed by atoms with Gasteiger partial charge >= 0.3 is 0 Å². The van der Waals surface area contributed by atoms with Crippen LogP contribution >= 0.6 is 45.8 Å². The zero-order chi connectivity index (χ0) is 23.1. The molecule has 0 atom stereocenters. The summed E-state index contributed by atoms with van der Waals surface area (Å²) in [4.78, 5) is 10.3. The van der Waals surface area contributed by atoms with E-state index >= 15 is 0 Å². The van der Waals surface area contributed by atoms with Crippen LogP contribution in [0.25, 0.3) is 0 Å². The fourth-order valence-corrected chi connectivity index (χ4v) is 4.08. The SMILES string of the molecule is COc1cc(/C=N/NCc2c(Cl)cccc2Cl)cc(I)c1OCc1ccc([N+](=O)[O-])cc1. The molecule has 0 spiro atoms. The van der Waals surface area contributed by atoms with Gasteiger partial charge in [-0.25, -0.2) is 0 Å². The van der Waals surface area contributed by atoms with Crippen LogP contribution in [0, 0.1) is 13.7 Å². The Kier molecular flexibility index (Phi) is 8.54. The summed E-state index contributed by atoms with van der Waals surface area (Å²) in [5.74, 6) is 1.13. The monoisotopic (exact) mass is 585 g/mol. The molecule has 0 unspecified atom stereocenters. The van der Waals surface area contributed by atoms with Crippen LogP contribution in [0.5, 0.6) is 11.5 Å². The Hall–Kier alpha value is -2.56. The summed E-state index contributed by atoms with van der Waals surface area (Å²) in [7, 11) is 1.56. The van der Waals surface area contributed by atoms with E-state index in [4.69, 9.17) is 32.7 Å². The lowest BCUT2D eigenvalue weighted by atomic mass is 10.2.